The van der Waals surface area contributed by atoms with Gasteiger partial charge in [0.2, 0.25) is 5.52 Å². The summed E-state index contributed by atoms with van der Waals surface area (Å²) in [5.41, 5.74) is 5.65. The number of nitrogens with one attached hydrogen (secondary N) is 1. The smallest absolute Gasteiger partial charge is 0.355 e. The molecule has 17 heteroatoms. The molecule has 2 aromatic heterocycles. The highest BCUT2D eigenvalue weighted by atomic mass is 31.3. The number of hydrogen-bond donors (Lipinski definition) is 5. The topological polar surface area (TPSA) is 203 Å². The molecule has 1 unspecified atom stereocenters. The van der Waals surface area contributed by atoms with Gasteiger partial charge in [0.1, 0.15) is 0 Å². The predicted molar refractivity (Wildman–Crippen MR) is 92.9 cm³/mol. The number of aromatic nitrogens is 4. The lowest BCUT2D eigenvalue weighted by Crippen LogP contribution is -2.39. The summed E-state index contributed by atoms with van der Waals surface area (Å²) in [6.45, 7) is -0.563. The van der Waals surface area contributed by atoms with Crippen molar-refractivity contribution in [1.82, 2.24) is 14.5 Å². The van der Waals surface area contributed by atoms with Crippen molar-refractivity contribution < 1.29 is 41.9 Å². The summed E-state index contributed by atoms with van der Waals surface area (Å²) in [6.07, 6.45) is 0.206. The third kappa shape index (κ3) is 4.53. The zero-order valence-electron chi connectivity index (χ0n) is 14.4. The van der Waals surface area contributed by atoms with Crippen LogP contribution in [0, 0.1) is 0 Å². The molecule has 1 fully saturated rings. The molecule has 4 atom stereocenters. The second-order valence-electron chi connectivity index (χ2n) is 6.12. The van der Waals surface area contributed by atoms with E-state index < -0.39 is 46.0 Å². The van der Waals surface area contributed by atoms with Crippen molar-refractivity contribution in [2.45, 2.75) is 24.6 Å². The van der Waals surface area contributed by atoms with Gasteiger partial charge in [0.05, 0.1) is 27.6 Å². The molecule has 6 N–H and O–H groups in total. The van der Waals surface area contributed by atoms with Gasteiger partial charge in [-0.25, -0.2) is 13.7 Å². The van der Waals surface area contributed by atoms with Gasteiger partial charge >= 0.3 is 21.3 Å². The van der Waals surface area contributed by atoms with Gasteiger partial charge in [0.15, 0.2) is 12.6 Å². The van der Waals surface area contributed by atoms with Crippen molar-refractivity contribution in [2.75, 3.05) is 12.3 Å². The van der Waals surface area contributed by atoms with Crippen molar-refractivity contribution in [1.29, 1.82) is 0 Å². The third-order valence-electron chi connectivity index (χ3n) is 3.99. The average molecular weight is 436 g/mol. The first-order valence-corrected chi connectivity index (χ1v) is 10.8. The summed E-state index contributed by atoms with van der Waals surface area (Å²) >= 11 is 0. The van der Waals surface area contributed by atoms with Crippen LogP contribution in [0.5, 0.6) is 0 Å². The number of nitrogens with two attached hydrogens (primary N) is 1. The first kappa shape index (κ1) is 21.2. The van der Waals surface area contributed by atoms with Gasteiger partial charge in [-0.1, -0.05) is 4.98 Å². The highest BCUT2D eigenvalue weighted by molar-refractivity contribution is 7.60. The van der Waals surface area contributed by atoms with Crippen LogP contribution in [0.1, 0.15) is 12.6 Å². The number of phosphoric ester groups is 1. The number of ether oxygens (including phenoxy) is 1. The van der Waals surface area contributed by atoms with Crippen LogP contribution >= 0.6 is 15.6 Å². The number of hydrogen-bond acceptors (Lipinski definition) is 8. The second kappa shape index (κ2) is 7.36. The molecule has 1 aliphatic rings. The molecule has 28 heavy (non-hydrogen) atoms. The lowest BCUT2D eigenvalue weighted by Gasteiger charge is -2.18. The van der Waals surface area contributed by atoms with Crippen LogP contribution in [0.15, 0.2) is 11.1 Å². The fraction of sp³-hybridized carbons (Fsp3) is 0.545. The van der Waals surface area contributed by atoms with Crippen molar-refractivity contribution >= 4 is 40.6 Å². The van der Waals surface area contributed by atoms with Gasteiger partial charge in [-0.3, -0.25) is 18.9 Å². The number of H-pyrrole nitrogens is 1. The van der Waals surface area contributed by atoms with Gasteiger partial charge in [0.25, 0.3) is 11.5 Å². The number of imidazole rings is 1. The number of nitrogens with zero attached hydrogens (tertiary/aromatic N) is 3. The molecule has 152 valence electrons. The van der Waals surface area contributed by atoms with Gasteiger partial charge in [0, 0.05) is 6.42 Å². The zero-order valence-corrected chi connectivity index (χ0v) is 16.2. The van der Waals surface area contributed by atoms with Crippen LogP contribution < -0.4 is 15.9 Å². The minimum Gasteiger partial charge on any atom is -0.355 e. The molecular weight excluding hydrogens is 419 g/mol. The van der Waals surface area contributed by atoms with Crippen molar-refractivity contribution in [3.8, 4) is 0 Å². The molecule has 1 aliphatic heterocycles. The van der Waals surface area contributed by atoms with Gasteiger partial charge in [-0.05, 0) is 5.82 Å². The number of anilines is 1. The standard InChI is InChI=1S/C11H16BN5O9P2/c1-16-4-17(9-8(16)10(18)15-11(13)14-9)7-2-5(12)6(25-7)3-24-28(22,23)26-27(19,20)21/h4-7H,2-3H2,1H3,(H5-,13,14,15,18,19,20,21,22,23)/p+1/t5-,6-,7-/m1/s1. The van der Waals surface area contributed by atoms with E-state index in [1.165, 1.54) is 9.13 Å². The molecule has 0 aliphatic carbocycles. The summed E-state index contributed by atoms with van der Waals surface area (Å²) in [6, 6.07) is 0. The van der Waals surface area contributed by atoms with Crippen LogP contribution in [0.4, 0.5) is 5.95 Å². The van der Waals surface area contributed by atoms with Crippen LogP contribution in [-0.4, -0.2) is 49.8 Å². The fourth-order valence-electron chi connectivity index (χ4n) is 2.89. The third-order valence-corrected chi connectivity index (χ3v) is 6.15. The summed E-state index contributed by atoms with van der Waals surface area (Å²) in [7, 11) is -2.65. The average Bonchev–Trinajstić information content (AvgIpc) is 3.03. The largest absolute Gasteiger partial charge is 0.481 e. The minimum atomic E-state index is -5.23. The van der Waals surface area contributed by atoms with Gasteiger partial charge in [-0.2, -0.15) is 4.31 Å². The van der Waals surface area contributed by atoms with Crippen LogP contribution in [-0.2, 0) is 29.7 Å². The first-order valence-electron chi connectivity index (χ1n) is 7.77. The van der Waals surface area contributed by atoms with E-state index in [-0.39, 0.29) is 23.5 Å². The fourth-order valence-corrected chi connectivity index (χ4v) is 4.49. The molecule has 0 aromatic carbocycles. The summed E-state index contributed by atoms with van der Waals surface area (Å²) < 4.78 is 39.3. The van der Waals surface area contributed by atoms with Gasteiger partial charge < -0.3 is 25.2 Å². The number of nitrogen functional groups attached to an aromatic ring is 1. The van der Waals surface area contributed by atoms with Crippen LogP contribution in [0.2, 0.25) is 5.82 Å². The van der Waals surface area contributed by atoms with Crippen LogP contribution in [0.3, 0.4) is 0 Å². The number of phosphoric acid groups is 2. The Morgan fingerprint density at radius 1 is 1.50 bits per heavy atom. The molecule has 14 nitrogen and oxygen atoms in total. The Balaban J connectivity index is 1.78. The molecule has 3 rings (SSSR count). The Kier molecular flexibility index (Phi) is 5.56. The maximum Gasteiger partial charge on any atom is 0.481 e. The maximum absolute atomic E-state index is 12.1. The van der Waals surface area contributed by atoms with Crippen LogP contribution in [0.25, 0.3) is 11.2 Å². The van der Waals surface area contributed by atoms with Crippen molar-refractivity contribution in [2.24, 2.45) is 7.05 Å². The monoisotopic (exact) mass is 436 g/mol. The van der Waals surface area contributed by atoms with E-state index in [1.807, 2.05) is 0 Å². The number of rotatable bonds is 6. The molecular formula is C11H17BN5O9P2+. The summed E-state index contributed by atoms with van der Waals surface area (Å²) in [4.78, 5) is 45.1. The van der Waals surface area contributed by atoms with E-state index in [0.29, 0.717) is 0 Å². The second-order valence-corrected chi connectivity index (χ2v) is 8.95. The molecule has 0 saturated carbocycles. The molecule has 2 aromatic rings. The quantitative estimate of drug-likeness (QED) is 0.202. The summed E-state index contributed by atoms with van der Waals surface area (Å²) in [5.74, 6) is -0.738. The van der Waals surface area contributed by atoms with E-state index in [1.54, 1.807) is 13.4 Å². The molecule has 1 saturated heterocycles. The highest BCUT2D eigenvalue weighted by Crippen LogP contribution is 2.57. The molecule has 0 amide bonds. The Morgan fingerprint density at radius 3 is 2.82 bits per heavy atom. The Bertz CT molecular complexity index is 1050. The predicted octanol–water partition coefficient (Wildman–Crippen LogP) is -1.40. The van der Waals surface area contributed by atoms with E-state index in [2.05, 4.69) is 18.8 Å². The maximum atomic E-state index is 12.1. The van der Waals surface area contributed by atoms with Crippen molar-refractivity contribution in [3.63, 3.8) is 0 Å². The highest BCUT2D eigenvalue weighted by Gasteiger charge is 2.40. The normalized spacial score (nSPS) is 25.2. The SMILES string of the molecule is [B][C@@H]1C[C@H]([n+]2cn(C)c3c(=O)[nH]c(N)nc32)O[C@@H]1COP(=O)(O)OP(=O)(O)O. The minimum absolute atomic E-state index is 0.0876. The van der Waals surface area contributed by atoms with E-state index in [4.69, 9.17) is 28.1 Å². The van der Waals surface area contributed by atoms with E-state index in [9.17, 15) is 18.8 Å². The summed E-state index contributed by atoms with van der Waals surface area (Å²) in [5, 5.41) is 0. The molecule has 3 heterocycles. The molecule has 0 bridgehead atoms. The number of fused-ring (bicyclic) bond motifs is 1. The Labute approximate surface area is 158 Å². The Hall–Kier alpha value is -1.57. The molecule has 2 radical (unpaired) electrons. The van der Waals surface area contributed by atoms with E-state index in [0.717, 1.165) is 0 Å². The van der Waals surface area contributed by atoms with E-state index >= 15 is 0 Å². The number of aryl methyl sites for hydroxylation is 1. The lowest BCUT2D eigenvalue weighted by molar-refractivity contribution is -0.739. The Morgan fingerprint density at radius 2 is 2.18 bits per heavy atom. The number of aromatic amines is 1. The lowest BCUT2D eigenvalue weighted by atomic mass is 9.81. The van der Waals surface area contributed by atoms with Gasteiger partial charge in [-0.15, -0.1) is 0 Å². The van der Waals surface area contributed by atoms with Crippen molar-refractivity contribution in [3.05, 3.63) is 16.7 Å². The first-order chi connectivity index (χ1) is 12.9. The molecule has 0 spiro atoms. The zero-order chi connectivity index (χ0) is 20.9.